The van der Waals surface area contributed by atoms with Crippen LogP contribution >= 0.6 is 11.3 Å². The molecule has 29 heavy (non-hydrogen) atoms. The lowest BCUT2D eigenvalue weighted by Gasteiger charge is -2.18. The number of ether oxygens (including phenoxy) is 1. The van der Waals surface area contributed by atoms with Crippen molar-refractivity contribution in [1.29, 1.82) is 0 Å². The highest BCUT2D eigenvalue weighted by molar-refractivity contribution is 7.14. The highest BCUT2D eigenvalue weighted by atomic mass is 32.1. The van der Waals surface area contributed by atoms with Crippen molar-refractivity contribution in [2.45, 2.75) is 40.0 Å². The number of nitrogens with zero attached hydrogens (tertiary/aromatic N) is 2. The minimum atomic E-state index is -0.534. The molecule has 0 aliphatic rings. The van der Waals surface area contributed by atoms with Gasteiger partial charge in [-0.25, -0.2) is 9.97 Å². The Bertz CT molecular complexity index is 1130. The maximum Gasteiger partial charge on any atom is 0.264 e. The quantitative estimate of drug-likeness (QED) is 0.673. The highest BCUT2D eigenvalue weighted by Crippen LogP contribution is 2.33. The van der Waals surface area contributed by atoms with Gasteiger partial charge in [-0.1, -0.05) is 32.4 Å². The molecule has 1 aromatic carbocycles. The number of aromatic nitrogens is 3. The van der Waals surface area contributed by atoms with Crippen molar-refractivity contribution in [2.24, 2.45) is 0 Å². The number of thiazole rings is 1. The largest absolute Gasteiger partial charge is 0.496 e. The molecular formula is C21H24N4O3S. The number of amides is 1. The Morgan fingerprint density at radius 2 is 1.93 bits per heavy atom. The molecule has 1 amide bonds. The summed E-state index contributed by atoms with van der Waals surface area (Å²) in [5.41, 5.74) is 2.20. The first-order chi connectivity index (χ1) is 13.6. The zero-order valence-corrected chi connectivity index (χ0v) is 18.2. The van der Waals surface area contributed by atoms with Gasteiger partial charge in [0.1, 0.15) is 17.1 Å². The van der Waals surface area contributed by atoms with E-state index in [1.165, 1.54) is 11.3 Å². The van der Waals surface area contributed by atoms with Gasteiger partial charge in [0.25, 0.3) is 11.5 Å². The highest BCUT2D eigenvalue weighted by Gasteiger charge is 2.23. The fourth-order valence-corrected chi connectivity index (χ4v) is 3.55. The fraction of sp³-hybridized carbons (Fsp3) is 0.333. The normalized spacial score (nSPS) is 11.4. The van der Waals surface area contributed by atoms with Crippen LogP contribution in [0.25, 0.3) is 11.3 Å². The van der Waals surface area contributed by atoms with Crippen molar-refractivity contribution in [1.82, 2.24) is 15.0 Å². The molecule has 0 aliphatic carbocycles. The Morgan fingerprint density at radius 1 is 1.21 bits per heavy atom. The number of methoxy groups -OCH3 is 1. The molecule has 0 aliphatic heterocycles. The van der Waals surface area contributed by atoms with Gasteiger partial charge in [0.2, 0.25) is 0 Å². The van der Waals surface area contributed by atoms with Crippen LogP contribution in [0.2, 0.25) is 0 Å². The molecule has 2 N–H and O–H groups in total. The average Bonchev–Trinajstić information content (AvgIpc) is 3.08. The number of rotatable bonds is 4. The van der Waals surface area contributed by atoms with Gasteiger partial charge in [0.05, 0.1) is 18.5 Å². The molecule has 0 spiro atoms. The van der Waals surface area contributed by atoms with E-state index in [0.717, 1.165) is 11.1 Å². The van der Waals surface area contributed by atoms with E-state index in [1.807, 2.05) is 51.3 Å². The molecule has 2 aromatic heterocycles. The van der Waals surface area contributed by atoms with Crippen LogP contribution in [0.4, 0.5) is 5.13 Å². The summed E-state index contributed by atoms with van der Waals surface area (Å²) in [5.74, 6) is 0.710. The lowest BCUT2D eigenvalue weighted by Crippen LogP contribution is -2.30. The third-order valence-electron chi connectivity index (χ3n) is 4.39. The fourth-order valence-electron chi connectivity index (χ4n) is 2.84. The van der Waals surface area contributed by atoms with E-state index in [0.29, 0.717) is 28.1 Å². The van der Waals surface area contributed by atoms with Crippen molar-refractivity contribution < 1.29 is 9.53 Å². The van der Waals surface area contributed by atoms with Crippen molar-refractivity contribution >= 4 is 22.4 Å². The number of carbonyl (C=O) groups excluding carboxylic acids is 1. The summed E-state index contributed by atoms with van der Waals surface area (Å²) in [6.07, 6.45) is 0. The molecule has 0 saturated carbocycles. The molecule has 2 heterocycles. The standard InChI is InChI=1S/C21H24N4O3S/c1-11-7-8-15(28-6)13(9-11)14-10-29-20(23-14)25-18(27)16-12(2)22-19(21(3,4)5)24-17(16)26/h7-10H,1-6H3,(H,22,24,26)(H,23,25,27). The third kappa shape index (κ3) is 4.37. The summed E-state index contributed by atoms with van der Waals surface area (Å²) in [6.45, 7) is 9.48. The Hall–Kier alpha value is -3.00. The van der Waals surface area contributed by atoms with Gasteiger partial charge in [0.15, 0.2) is 5.13 Å². The first kappa shape index (κ1) is 20.7. The molecular weight excluding hydrogens is 388 g/mol. The zero-order chi connectivity index (χ0) is 21.3. The van der Waals surface area contributed by atoms with E-state index in [1.54, 1.807) is 14.0 Å². The van der Waals surface area contributed by atoms with Gasteiger partial charge < -0.3 is 9.72 Å². The minimum Gasteiger partial charge on any atom is -0.496 e. The van der Waals surface area contributed by atoms with E-state index >= 15 is 0 Å². The number of aromatic amines is 1. The predicted molar refractivity (Wildman–Crippen MR) is 115 cm³/mol. The second-order valence-corrected chi connectivity index (χ2v) is 8.68. The molecule has 0 unspecified atom stereocenters. The molecule has 7 nitrogen and oxygen atoms in total. The second kappa shape index (κ2) is 7.79. The van der Waals surface area contributed by atoms with Crippen LogP contribution < -0.4 is 15.6 Å². The number of hydrogen-bond donors (Lipinski definition) is 2. The summed E-state index contributed by atoms with van der Waals surface area (Å²) in [4.78, 5) is 36.8. The van der Waals surface area contributed by atoms with Crippen LogP contribution in [0.1, 0.15) is 48.2 Å². The van der Waals surface area contributed by atoms with Crippen LogP contribution in [-0.2, 0) is 5.41 Å². The van der Waals surface area contributed by atoms with Crippen LogP contribution in [0.15, 0.2) is 28.4 Å². The zero-order valence-electron chi connectivity index (χ0n) is 17.3. The number of nitrogens with one attached hydrogen (secondary N) is 2. The summed E-state index contributed by atoms with van der Waals surface area (Å²) >= 11 is 1.28. The van der Waals surface area contributed by atoms with E-state index in [-0.39, 0.29) is 11.0 Å². The van der Waals surface area contributed by atoms with Gasteiger partial charge in [0, 0.05) is 16.4 Å². The monoisotopic (exact) mass is 412 g/mol. The van der Waals surface area contributed by atoms with Gasteiger partial charge in [-0.2, -0.15) is 0 Å². The topological polar surface area (TPSA) is 97.0 Å². The molecule has 0 radical (unpaired) electrons. The molecule has 3 rings (SSSR count). The van der Waals surface area contributed by atoms with Gasteiger partial charge in [-0.15, -0.1) is 11.3 Å². The predicted octanol–water partition coefficient (Wildman–Crippen LogP) is 4.07. The first-order valence-electron chi connectivity index (χ1n) is 9.13. The van der Waals surface area contributed by atoms with E-state index in [2.05, 4.69) is 20.3 Å². The Labute approximate surface area is 173 Å². The summed E-state index contributed by atoms with van der Waals surface area (Å²) < 4.78 is 5.41. The van der Waals surface area contributed by atoms with E-state index in [4.69, 9.17) is 4.74 Å². The van der Waals surface area contributed by atoms with Crippen molar-refractivity contribution in [3.05, 3.63) is 56.6 Å². The lowest BCUT2D eigenvalue weighted by molar-refractivity contribution is 0.102. The summed E-state index contributed by atoms with van der Waals surface area (Å²) in [5, 5.41) is 4.94. The van der Waals surface area contributed by atoms with E-state index < -0.39 is 11.5 Å². The molecule has 0 atom stereocenters. The van der Waals surface area contributed by atoms with Gasteiger partial charge >= 0.3 is 0 Å². The van der Waals surface area contributed by atoms with Crippen LogP contribution in [0.5, 0.6) is 5.75 Å². The summed E-state index contributed by atoms with van der Waals surface area (Å²) in [6, 6.07) is 5.82. The smallest absolute Gasteiger partial charge is 0.264 e. The van der Waals surface area contributed by atoms with E-state index in [9.17, 15) is 9.59 Å². The van der Waals surface area contributed by atoms with Crippen LogP contribution in [0.3, 0.4) is 0 Å². The molecule has 0 fully saturated rings. The maximum absolute atomic E-state index is 12.7. The Morgan fingerprint density at radius 3 is 2.55 bits per heavy atom. The Balaban J connectivity index is 1.89. The molecule has 0 saturated heterocycles. The van der Waals surface area contributed by atoms with Crippen LogP contribution in [0, 0.1) is 13.8 Å². The van der Waals surface area contributed by atoms with Crippen molar-refractivity contribution in [3.8, 4) is 17.0 Å². The molecule has 0 bridgehead atoms. The number of hydrogen-bond acceptors (Lipinski definition) is 6. The van der Waals surface area contributed by atoms with Crippen molar-refractivity contribution in [3.63, 3.8) is 0 Å². The third-order valence-corrected chi connectivity index (χ3v) is 5.15. The number of carbonyl (C=O) groups is 1. The van der Waals surface area contributed by atoms with Gasteiger partial charge in [-0.05, 0) is 26.0 Å². The lowest BCUT2D eigenvalue weighted by atomic mass is 9.95. The Kier molecular flexibility index (Phi) is 5.57. The number of H-pyrrole nitrogens is 1. The second-order valence-electron chi connectivity index (χ2n) is 7.82. The number of aryl methyl sites for hydroxylation is 2. The molecule has 152 valence electrons. The van der Waals surface area contributed by atoms with Crippen molar-refractivity contribution in [2.75, 3.05) is 12.4 Å². The first-order valence-corrected chi connectivity index (χ1v) is 10.0. The average molecular weight is 413 g/mol. The minimum absolute atomic E-state index is 0.0112. The molecule has 8 heteroatoms. The number of anilines is 1. The number of benzene rings is 1. The maximum atomic E-state index is 12.7. The summed E-state index contributed by atoms with van der Waals surface area (Å²) in [7, 11) is 1.60. The van der Waals surface area contributed by atoms with Gasteiger partial charge in [-0.3, -0.25) is 14.9 Å². The SMILES string of the molecule is COc1ccc(C)cc1-c1csc(NC(=O)c2c(C)nc(C(C)(C)C)[nH]c2=O)n1. The molecule has 3 aromatic rings. The van der Waals surface area contributed by atoms with Crippen LogP contribution in [-0.4, -0.2) is 28.0 Å².